The molecule has 0 radical (unpaired) electrons. The van der Waals surface area contributed by atoms with Crippen molar-refractivity contribution in [2.24, 2.45) is 4.99 Å². The molecule has 0 bridgehead atoms. The van der Waals surface area contributed by atoms with Crippen molar-refractivity contribution in [3.63, 3.8) is 0 Å². The highest BCUT2D eigenvalue weighted by Crippen LogP contribution is 2.37. The lowest BCUT2D eigenvalue weighted by Crippen LogP contribution is -2.28. The van der Waals surface area contributed by atoms with Crippen LogP contribution in [0.3, 0.4) is 0 Å². The first-order valence-corrected chi connectivity index (χ1v) is 13.7. The summed E-state index contributed by atoms with van der Waals surface area (Å²) in [4.78, 5) is 44.1. The molecule has 5 rings (SSSR count). The van der Waals surface area contributed by atoms with E-state index in [1.165, 1.54) is 23.9 Å². The molecule has 0 unspecified atom stereocenters. The minimum atomic E-state index is -1.02. The van der Waals surface area contributed by atoms with E-state index in [1.807, 2.05) is 41.1 Å². The van der Waals surface area contributed by atoms with Crippen molar-refractivity contribution < 1.29 is 29.0 Å². The maximum Gasteiger partial charge on any atom is 0.335 e. The second-order valence-electron chi connectivity index (χ2n) is 9.13. The number of aromatic carboxylic acids is 1. The highest BCUT2D eigenvalue weighted by atomic mass is 32.2. The van der Waals surface area contributed by atoms with Crippen LogP contribution in [0.2, 0.25) is 0 Å². The fraction of sp³-hybridized carbons (Fsp3) is 0.161. The Morgan fingerprint density at radius 3 is 2.44 bits per heavy atom. The van der Waals surface area contributed by atoms with Gasteiger partial charge in [-0.1, -0.05) is 30.3 Å². The number of ether oxygens (including phenoxy) is 2. The van der Waals surface area contributed by atoms with Gasteiger partial charge in [-0.2, -0.15) is 0 Å². The largest absolute Gasteiger partial charge is 0.497 e. The average molecular weight is 570 g/mol. The molecule has 10 heteroatoms. The van der Waals surface area contributed by atoms with Crippen LogP contribution >= 0.6 is 11.8 Å². The Balaban J connectivity index is 1.51. The molecule has 0 spiro atoms. The molecule has 0 atom stereocenters. The third-order valence-corrected chi connectivity index (χ3v) is 7.44. The highest BCUT2D eigenvalue weighted by Gasteiger charge is 2.34. The Hall–Kier alpha value is -4.83. The molecule has 2 heterocycles. The molecule has 41 heavy (non-hydrogen) atoms. The molecule has 1 fully saturated rings. The van der Waals surface area contributed by atoms with Gasteiger partial charge < -0.3 is 19.1 Å². The summed E-state index contributed by atoms with van der Waals surface area (Å²) in [5.41, 5.74) is 3.23. The lowest BCUT2D eigenvalue weighted by Gasteiger charge is -2.16. The lowest BCUT2D eigenvalue weighted by molar-refractivity contribution is -0.143. The van der Waals surface area contributed by atoms with Gasteiger partial charge in [-0.05, 0) is 72.8 Å². The molecule has 208 valence electrons. The molecule has 4 aromatic rings. The quantitative estimate of drug-likeness (QED) is 0.203. The van der Waals surface area contributed by atoms with E-state index in [4.69, 9.17) is 14.5 Å². The Morgan fingerprint density at radius 1 is 1.02 bits per heavy atom. The average Bonchev–Trinajstić information content (AvgIpc) is 3.46. The number of carboxylic acid groups (broad SMARTS) is 1. The van der Waals surface area contributed by atoms with E-state index in [-0.39, 0.29) is 30.5 Å². The summed E-state index contributed by atoms with van der Waals surface area (Å²) in [7, 11) is 1.59. The predicted octanol–water partition coefficient (Wildman–Crippen LogP) is 5.72. The number of amidine groups is 1. The number of amides is 1. The fourth-order valence-corrected chi connectivity index (χ4v) is 5.43. The molecule has 1 aliphatic heterocycles. The van der Waals surface area contributed by atoms with E-state index in [0.29, 0.717) is 28.1 Å². The molecule has 0 aliphatic carbocycles. The van der Waals surface area contributed by atoms with Crippen LogP contribution in [0.15, 0.2) is 88.9 Å². The first kappa shape index (κ1) is 27.7. The number of hydrogen-bond acceptors (Lipinski definition) is 7. The van der Waals surface area contributed by atoms with E-state index in [9.17, 15) is 19.5 Å². The van der Waals surface area contributed by atoms with Crippen LogP contribution in [0.4, 0.5) is 5.69 Å². The van der Waals surface area contributed by atoms with Gasteiger partial charge in [-0.25, -0.2) is 9.79 Å². The minimum Gasteiger partial charge on any atom is -0.497 e. The summed E-state index contributed by atoms with van der Waals surface area (Å²) >= 11 is 1.25. The lowest BCUT2D eigenvalue weighted by atomic mass is 10.1. The van der Waals surface area contributed by atoms with Crippen molar-refractivity contribution in [1.29, 1.82) is 0 Å². The van der Waals surface area contributed by atoms with E-state index < -0.39 is 5.97 Å². The molecule has 1 N–H and O–H groups in total. The van der Waals surface area contributed by atoms with Gasteiger partial charge in [0, 0.05) is 22.7 Å². The van der Waals surface area contributed by atoms with Crippen molar-refractivity contribution in [2.45, 2.75) is 20.0 Å². The van der Waals surface area contributed by atoms with Crippen LogP contribution in [-0.4, -0.2) is 51.3 Å². The van der Waals surface area contributed by atoms with E-state index in [1.54, 1.807) is 55.3 Å². The van der Waals surface area contributed by atoms with E-state index in [2.05, 4.69) is 0 Å². The zero-order valence-electron chi connectivity index (χ0n) is 22.4. The van der Waals surface area contributed by atoms with Crippen LogP contribution < -0.4 is 4.74 Å². The van der Waals surface area contributed by atoms with Gasteiger partial charge in [0.2, 0.25) is 0 Å². The van der Waals surface area contributed by atoms with E-state index >= 15 is 0 Å². The number of carbonyl (C=O) groups excluding carboxylic acids is 2. The van der Waals surface area contributed by atoms with Crippen LogP contribution in [0.1, 0.15) is 28.4 Å². The molecular formula is C31H27N3O6S. The predicted molar refractivity (Wildman–Crippen MR) is 158 cm³/mol. The van der Waals surface area contributed by atoms with Crippen molar-refractivity contribution in [2.75, 3.05) is 13.7 Å². The maximum absolute atomic E-state index is 13.8. The Labute approximate surface area is 240 Å². The number of fused-ring (bicyclic) bond motifs is 1. The number of aliphatic imine (C=N–C) groups is 1. The number of para-hydroxylation sites is 1. The van der Waals surface area contributed by atoms with Crippen molar-refractivity contribution in [1.82, 2.24) is 9.47 Å². The molecule has 9 nitrogen and oxygen atoms in total. The molecular weight excluding hydrogens is 542 g/mol. The second kappa shape index (κ2) is 12.1. The number of methoxy groups -OCH3 is 1. The summed E-state index contributed by atoms with van der Waals surface area (Å²) in [5, 5.41) is 10.6. The van der Waals surface area contributed by atoms with Crippen LogP contribution in [-0.2, 0) is 27.4 Å². The highest BCUT2D eigenvalue weighted by molar-refractivity contribution is 8.18. The van der Waals surface area contributed by atoms with Crippen LogP contribution in [0.25, 0.3) is 17.0 Å². The number of benzene rings is 3. The third kappa shape index (κ3) is 6.17. The van der Waals surface area contributed by atoms with Crippen molar-refractivity contribution in [3.8, 4) is 5.75 Å². The van der Waals surface area contributed by atoms with Gasteiger partial charge in [-0.3, -0.25) is 14.5 Å². The minimum absolute atomic E-state index is 0.0568. The first-order valence-electron chi connectivity index (χ1n) is 12.9. The van der Waals surface area contributed by atoms with Crippen LogP contribution in [0, 0.1) is 0 Å². The fourth-order valence-electron chi connectivity index (χ4n) is 4.44. The number of hydrogen-bond donors (Lipinski definition) is 1. The molecule has 3 aromatic carbocycles. The van der Waals surface area contributed by atoms with Gasteiger partial charge in [0.15, 0.2) is 5.17 Å². The SMILES string of the molecule is CCOC(=O)Cn1cc(/C=C2\SC(=Nc3ccc(OC)cc3)N(Cc3ccc(C(=O)O)cc3)C2=O)c2ccccc21. The normalized spacial score (nSPS) is 15.2. The Morgan fingerprint density at radius 2 is 1.76 bits per heavy atom. The first-order chi connectivity index (χ1) is 19.9. The summed E-state index contributed by atoms with van der Waals surface area (Å²) in [6.45, 7) is 2.33. The number of thioether (sulfide) groups is 1. The molecule has 0 saturated carbocycles. The van der Waals surface area contributed by atoms with Gasteiger partial charge in [0.1, 0.15) is 12.3 Å². The second-order valence-corrected chi connectivity index (χ2v) is 10.1. The Kier molecular flexibility index (Phi) is 8.21. The molecule has 1 amide bonds. The van der Waals surface area contributed by atoms with Gasteiger partial charge >= 0.3 is 11.9 Å². The summed E-state index contributed by atoms with van der Waals surface area (Å²) in [6.07, 6.45) is 3.66. The number of nitrogens with zero attached hydrogens (tertiary/aromatic N) is 3. The number of rotatable bonds is 9. The van der Waals surface area contributed by atoms with Gasteiger partial charge in [0.25, 0.3) is 5.91 Å². The Bertz CT molecular complexity index is 1670. The summed E-state index contributed by atoms with van der Waals surface area (Å²) < 4.78 is 12.2. The zero-order valence-corrected chi connectivity index (χ0v) is 23.3. The van der Waals surface area contributed by atoms with Crippen LogP contribution in [0.5, 0.6) is 5.75 Å². The van der Waals surface area contributed by atoms with Gasteiger partial charge in [0.05, 0.1) is 36.4 Å². The van der Waals surface area contributed by atoms with Gasteiger partial charge in [-0.15, -0.1) is 0 Å². The molecule has 1 saturated heterocycles. The number of carbonyl (C=O) groups is 3. The number of carboxylic acids is 1. The number of esters is 1. The molecule has 1 aromatic heterocycles. The summed E-state index contributed by atoms with van der Waals surface area (Å²) in [5.74, 6) is -0.891. The van der Waals surface area contributed by atoms with E-state index in [0.717, 1.165) is 22.0 Å². The monoisotopic (exact) mass is 569 g/mol. The topological polar surface area (TPSA) is 110 Å². The summed E-state index contributed by atoms with van der Waals surface area (Å²) in [6, 6.07) is 21.3. The smallest absolute Gasteiger partial charge is 0.335 e. The maximum atomic E-state index is 13.8. The zero-order chi connectivity index (χ0) is 28.9. The number of aromatic nitrogens is 1. The van der Waals surface area contributed by atoms with Crippen molar-refractivity contribution in [3.05, 3.63) is 101 Å². The molecule has 1 aliphatic rings. The standard InChI is InChI=1S/C31H27N3O6S/c1-3-40-28(35)19-33-18-22(25-6-4-5-7-26(25)33)16-27-29(36)34(17-20-8-10-21(11-9-20)30(37)38)31(41-27)32-23-12-14-24(39-2)15-13-23/h4-16,18H,3,17,19H2,1-2H3,(H,37,38)/b27-16-,32-31?. The van der Waals surface area contributed by atoms with Crippen molar-refractivity contribution >= 4 is 57.4 Å². The third-order valence-electron chi connectivity index (χ3n) is 6.44.